The van der Waals surface area contributed by atoms with Crippen molar-refractivity contribution in [1.82, 2.24) is 4.90 Å². The van der Waals surface area contributed by atoms with E-state index < -0.39 is 0 Å². The molecule has 0 aromatic rings. The van der Waals surface area contributed by atoms with Crippen LogP contribution < -0.4 is 0 Å². The summed E-state index contributed by atoms with van der Waals surface area (Å²) in [7, 11) is 1.96. The van der Waals surface area contributed by atoms with Crippen LogP contribution in [-0.4, -0.2) is 18.5 Å². The molecule has 0 saturated heterocycles. The number of nitrogens with zero attached hydrogens (tertiary/aromatic N) is 1. The number of rotatable bonds is 0. The van der Waals surface area contributed by atoms with Crippen molar-refractivity contribution in [2.24, 2.45) is 0 Å². The molecule has 0 atom stereocenters. The lowest BCUT2D eigenvalue weighted by molar-refractivity contribution is 0.489. The summed E-state index contributed by atoms with van der Waals surface area (Å²) in [5.74, 6) is 0. The summed E-state index contributed by atoms with van der Waals surface area (Å²) in [5.41, 5.74) is 0. The SMILES string of the molecule is CN1CC=CC=C1Cl. The van der Waals surface area contributed by atoms with E-state index in [0.29, 0.717) is 0 Å². The Morgan fingerprint density at radius 2 is 2.50 bits per heavy atom. The van der Waals surface area contributed by atoms with E-state index in [1.54, 1.807) is 0 Å². The highest BCUT2D eigenvalue weighted by molar-refractivity contribution is 6.29. The van der Waals surface area contributed by atoms with Gasteiger partial charge in [0.25, 0.3) is 0 Å². The summed E-state index contributed by atoms with van der Waals surface area (Å²) in [6.07, 6.45) is 5.90. The topological polar surface area (TPSA) is 3.24 Å². The predicted octanol–water partition coefficient (Wildman–Crippen LogP) is 1.57. The molecule has 1 rings (SSSR count). The van der Waals surface area contributed by atoms with Crippen molar-refractivity contribution < 1.29 is 0 Å². The van der Waals surface area contributed by atoms with Gasteiger partial charge in [-0.25, -0.2) is 0 Å². The van der Waals surface area contributed by atoms with Crippen LogP contribution in [0.3, 0.4) is 0 Å². The molecule has 1 nitrogen and oxygen atoms in total. The molecule has 2 heteroatoms. The minimum Gasteiger partial charge on any atom is -0.362 e. The van der Waals surface area contributed by atoms with E-state index >= 15 is 0 Å². The minimum atomic E-state index is 0.813. The molecule has 0 unspecified atom stereocenters. The zero-order valence-electron chi connectivity index (χ0n) is 4.76. The van der Waals surface area contributed by atoms with Gasteiger partial charge in [0.15, 0.2) is 0 Å². The Balaban J connectivity index is 2.66. The lowest BCUT2D eigenvalue weighted by atomic mass is 10.4. The molecule has 0 aromatic heterocycles. The third kappa shape index (κ3) is 1.04. The highest BCUT2D eigenvalue weighted by Crippen LogP contribution is 2.09. The van der Waals surface area contributed by atoms with Gasteiger partial charge in [0.05, 0.1) is 0 Å². The fourth-order valence-electron chi connectivity index (χ4n) is 0.581. The van der Waals surface area contributed by atoms with Gasteiger partial charge in [-0.1, -0.05) is 23.8 Å². The van der Waals surface area contributed by atoms with Crippen LogP contribution in [0.25, 0.3) is 0 Å². The molecular formula is C6H8ClN. The van der Waals surface area contributed by atoms with Crippen LogP contribution in [0.5, 0.6) is 0 Å². The highest BCUT2D eigenvalue weighted by Gasteiger charge is 1.98. The quantitative estimate of drug-likeness (QED) is 0.449. The van der Waals surface area contributed by atoms with E-state index in [9.17, 15) is 0 Å². The molecule has 0 aromatic carbocycles. The maximum Gasteiger partial charge on any atom is 0.104 e. The van der Waals surface area contributed by atoms with Gasteiger partial charge in [-0.3, -0.25) is 0 Å². The Labute approximate surface area is 54.2 Å². The zero-order valence-corrected chi connectivity index (χ0v) is 5.52. The normalized spacial score (nSPS) is 18.8. The Hall–Kier alpha value is -0.430. The third-order valence-corrected chi connectivity index (χ3v) is 1.53. The largest absolute Gasteiger partial charge is 0.362 e. The molecule has 0 spiro atoms. The van der Waals surface area contributed by atoms with Gasteiger partial charge in [-0.15, -0.1) is 0 Å². The Kier molecular flexibility index (Phi) is 1.59. The maximum absolute atomic E-state index is 5.70. The fourth-order valence-corrected chi connectivity index (χ4v) is 0.723. The van der Waals surface area contributed by atoms with Gasteiger partial charge in [0.2, 0.25) is 0 Å². The Bertz CT molecular complexity index is 137. The van der Waals surface area contributed by atoms with Crippen molar-refractivity contribution >= 4 is 11.6 Å². The zero-order chi connectivity index (χ0) is 5.98. The fraction of sp³-hybridized carbons (Fsp3) is 0.333. The van der Waals surface area contributed by atoms with Crippen LogP contribution >= 0.6 is 11.6 Å². The van der Waals surface area contributed by atoms with Gasteiger partial charge in [-0.05, 0) is 6.08 Å². The van der Waals surface area contributed by atoms with Crippen molar-refractivity contribution in [3.05, 3.63) is 23.4 Å². The average molecular weight is 130 g/mol. The van der Waals surface area contributed by atoms with Crippen LogP contribution in [0.4, 0.5) is 0 Å². The second-order valence-corrected chi connectivity index (χ2v) is 2.19. The van der Waals surface area contributed by atoms with Crippen LogP contribution in [-0.2, 0) is 0 Å². The standard InChI is InChI=1S/C6H8ClN/c1-8-5-3-2-4-6(8)7/h2-4H,5H2,1H3. The minimum absolute atomic E-state index is 0.813. The number of likely N-dealkylation sites (N-methyl/N-ethyl adjacent to an activating group) is 1. The Morgan fingerprint density at radius 1 is 1.75 bits per heavy atom. The van der Waals surface area contributed by atoms with E-state index in [0.717, 1.165) is 11.7 Å². The summed E-state index contributed by atoms with van der Waals surface area (Å²) >= 11 is 5.70. The van der Waals surface area contributed by atoms with Crippen molar-refractivity contribution in [2.75, 3.05) is 13.6 Å². The molecule has 0 fully saturated rings. The average Bonchev–Trinajstić information content (AvgIpc) is 1.77. The first-order valence-corrected chi connectivity index (χ1v) is 2.92. The van der Waals surface area contributed by atoms with Crippen LogP contribution in [0.2, 0.25) is 0 Å². The third-order valence-electron chi connectivity index (χ3n) is 1.11. The number of allylic oxidation sites excluding steroid dienone is 2. The first-order chi connectivity index (χ1) is 3.80. The first kappa shape index (κ1) is 5.70. The van der Waals surface area contributed by atoms with Gasteiger partial charge in [0.1, 0.15) is 5.16 Å². The molecule has 0 N–H and O–H groups in total. The molecule has 1 aliphatic heterocycles. The molecule has 0 saturated carbocycles. The molecule has 0 bridgehead atoms. The highest BCUT2D eigenvalue weighted by atomic mass is 35.5. The van der Waals surface area contributed by atoms with Crippen molar-refractivity contribution in [1.29, 1.82) is 0 Å². The molecule has 44 valence electrons. The van der Waals surface area contributed by atoms with Crippen molar-refractivity contribution in [3.63, 3.8) is 0 Å². The van der Waals surface area contributed by atoms with Crippen molar-refractivity contribution in [2.45, 2.75) is 0 Å². The van der Waals surface area contributed by atoms with Gasteiger partial charge < -0.3 is 4.90 Å². The first-order valence-electron chi connectivity index (χ1n) is 2.54. The molecule has 0 amide bonds. The van der Waals surface area contributed by atoms with Crippen molar-refractivity contribution in [3.8, 4) is 0 Å². The van der Waals surface area contributed by atoms with Gasteiger partial charge in [0, 0.05) is 13.6 Å². The summed E-state index contributed by atoms with van der Waals surface area (Å²) in [6, 6.07) is 0. The van der Waals surface area contributed by atoms with Crippen LogP contribution in [0.1, 0.15) is 0 Å². The molecule has 1 aliphatic rings. The van der Waals surface area contributed by atoms with E-state index in [-0.39, 0.29) is 0 Å². The van der Waals surface area contributed by atoms with E-state index in [4.69, 9.17) is 11.6 Å². The second-order valence-electron chi connectivity index (χ2n) is 1.80. The maximum atomic E-state index is 5.70. The molecule has 0 aliphatic carbocycles. The number of halogens is 1. The smallest absolute Gasteiger partial charge is 0.104 e. The predicted molar refractivity (Wildman–Crippen MR) is 35.7 cm³/mol. The molecule has 1 heterocycles. The molecule has 0 radical (unpaired) electrons. The Morgan fingerprint density at radius 3 is 2.88 bits per heavy atom. The lowest BCUT2D eigenvalue weighted by Gasteiger charge is -2.17. The van der Waals surface area contributed by atoms with E-state index in [1.807, 2.05) is 24.1 Å². The number of hydrogen-bond acceptors (Lipinski definition) is 1. The second kappa shape index (κ2) is 2.23. The summed E-state index contributed by atoms with van der Waals surface area (Å²) in [6.45, 7) is 0.926. The molecule has 8 heavy (non-hydrogen) atoms. The summed E-state index contributed by atoms with van der Waals surface area (Å²) < 4.78 is 0. The lowest BCUT2D eigenvalue weighted by Crippen LogP contribution is -2.15. The van der Waals surface area contributed by atoms with Crippen LogP contribution in [0, 0.1) is 0 Å². The summed E-state index contributed by atoms with van der Waals surface area (Å²) in [4.78, 5) is 1.97. The van der Waals surface area contributed by atoms with E-state index in [2.05, 4.69) is 6.08 Å². The number of hydrogen-bond donors (Lipinski definition) is 0. The monoisotopic (exact) mass is 129 g/mol. The summed E-state index contributed by atoms with van der Waals surface area (Å²) in [5, 5.41) is 0.813. The molecular weight excluding hydrogens is 122 g/mol. The van der Waals surface area contributed by atoms with Gasteiger partial charge in [-0.2, -0.15) is 0 Å². The van der Waals surface area contributed by atoms with Gasteiger partial charge >= 0.3 is 0 Å². The van der Waals surface area contributed by atoms with Crippen LogP contribution in [0.15, 0.2) is 23.4 Å². The van der Waals surface area contributed by atoms with E-state index in [1.165, 1.54) is 0 Å².